The summed E-state index contributed by atoms with van der Waals surface area (Å²) in [5, 5.41) is 10.2. The van der Waals surface area contributed by atoms with E-state index in [9.17, 15) is 0 Å². The number of fused-ring (bicyclic) bond motifs is 4. The van der Waals surface area contributed by atoms with Crippen molar-refractivity contribution in [2.45, 2.75) is 18.8 Å². The molecule has 1 aliphatic rings. The second-order valence-corrected chi connectivity index (χ2v) is 15.4. The molecular formula is C56H43N. The van der Waals surface area contributed by atoms with Gasteiger partial charge >= 0.3 is 0 Å². The number of rotatable bonds is 9. The number of benzene rings is 9. The first-order chi connectivity index (χ1) is 28.2. The van der Waals surface area contributed by atoms with E-state index in [0.717, 1.165) is 29.9 Å². The lowest BCUT2D eigenvalue weighted by molar-refractivity contribution is 0.583. The highest BCUT2D eigenvalue weighted by atomic mass is 15.1. The van der Waals surface area contributed by atoms with Crippen molar-refractivity contribution < 1.29 is 0 Å². The molecule has 0 N–H and O–H groups in total. The van der Waals surface area contributed by atoms with E-state index in [2.05, 4.69) is 229 Å². The number of hydrogen-bond donors (Lipinski definition) is 0. The lowest BCUT2D eigenvalue weighted by Crippen LogP contribution is -2.28. The summed E-state index contributed by atoms with van der Waals surface area (Å²) < 4.78 is 0. The van der Waals surface area contributed by atoms with Gasteiger partial charge < -0.3 is 4.90 Å². The molecule has 10 rings (SSSR count). The molecule has 2 unspecified atom stereocenters. The summed E-state index contributed by atoms with van der Waals surface area (Å²) >= 11 is 0. The van der Waals surface area contributed by atoms with Crippen LogP contribution < -0.4 is 15.3 Å². The molecule has 0 aromatic heterocycles. The van der Waals surface area contributed by atoms with E-state index >= 15 is 0 Å². The van der Waals surface area contributed by atoms with Crippen LogP contribution in [0.25, 0.3) is 56.6 Å². The van der Waals surface area contributed by atoms with Gasteiger partial charge in [-0.15, -0.1) is 0 Å². The quantitative estimate of drug-likeness (QED) is 0.134. The molecule has 9 aromatic rings. The van der Waals surface area contributed by atoms with Crippen molar-refractivity contribution in [3.8, 4) is 0 Å². The smallest absolute Gasteiger partial charge is 0.0468 e. The third kappa shape index (κ3) is 7.29. The molecule has 272 valence electrons. The van der Waals surface area contributed by atoms with E-state index in [1.165, 1.54) is 65.0 Å². The van der Waals surface area contributed by atoms with E-state index in [1.54, 1.807) is 0 Å². The summed E-state index contributed by atoms with van der Waals surface area (Å²) in [6.45, 7) is 0. The Bertz CT molecular complexity index is 2950. The molecule has 1 aliphatic carbocycles. The lowest BCUT2D eigenvalue weighted by Gasteiger charge is -2.26. The normalized spacial score (nSPS) is 14.3. The molecule has 0 amide bonds. The second-order valence-electron chi connectivity index (χ2n) is 15.4. The minimum atomic E-state index is 0.299. The van der Waals surface area contributed by atoms with Gasteiger partial charge in [0.2, 0.25) is 0 Å². The van der Waals surface area contributed by atoms with Crippen LogP contribution in [0, 0.1) is 5.92 Å². The Morgan fingerprint density at radius 3 is 1.47 bits per heavy atom. The van der Waals surface area contributed by atoms with E-state index in [0.29, 0.717) is 11.8 Å². The van der Waals surface area contributed by atoms with Crippen LogP contribution in [0.5, 0.6) is 0 Å². The van der Waals surface area contributed by atoms with E-state index < -0.39 is 0 Å². The van der Waals surface area contributed by atoms with Gasteiger partial charge in [-0.25, -0.2) is 0 Å². The van der Waals surface area contributed by atoms with E-state index in [4.69, 9.17) is 0 Å². The molecule has 0 radical (unpaired) electrons. The van der Waals surface area contributed by atoms with Gasteiger partial charge in [0.05, 0.1) is 0 Å². The van der Waals surface area contributed by atoms with Crippen molar-refractivity contribution >= 4 is 73.7 Å². The molecule has 0 saturated heterocycles. The maximum atomic E-state index is 2.49. The summed E-state index contributed by atoms with van der Waals surface area (Å²) in [7, 11) is 0. The van der Waals surface area contributed by atoms with Crippen LogP contribution in [0.2, 0.25) is 0 Å². The van der Waals surface area contributed by atoms with Crippen LogP contribution in [0.4, 0.5) is 17.1 Å². The van der Waals surface area contributed by atoms with Crippen molar-refractivity contribution in [3.05, 3.63) is 233 Å². The fourth-order valence-corrected chi connectivity index (χ4v) is 8.65. The zero-order valence-electron chi connectivity index (χ0n) is 31.9. The minimum Gasteiger partial charge on any atom is -0.310 e. The highest BCUT2D eigenvalue weighted by Gasteiger charge is 2.20. The molecule has 0 fully saturated rings. The third-order valence-electron chi connectivity index (χ3n) is 11.7. The predicted molar refractivity (Wildman–Crippen MR) is 245 cm³/mol. The Hall–Kier alpha value is -6.96. The molecule has 1 heteroatoms. The van der Waals surface area contributed by atoms with Crippen molar-refractivity contribution in [2.75, 3.05) is 4.90 Å². The first-order valence-corrected chi connectivity index (χ1v) is 20.1. The summed E-state index contributed by atoms with van der Waals surface area (Å²) in [4.78, 5) is 2.36. The number of hydrogen-bond acceptors (Lipinski definition) is 1. The van der Waals surface area contributed by atoms with E-state index in [1.807, 2.05) is 0 Å². The minimum absolute atomic E-state index is 0.299. The van der Waals surface area contributed by atoms with Crippen molar-refractivity contribution in [1.82, 2.24) is 0 Å². The maximum absolute atomic E-state index is 2.49. The zero-order chi connectivity index (χ0) is 38.0. The number of nitrogens with zero attached hydrogens (tertiary/aromatic N) is 1. The Kier molecular flexibility index (Phi) is 9.26. The molecule has 9 aromatic carbocycles. The van der Waals surface area contributed by atoms with Crippen LogP contribution in [0.15, 0.2) is 200 Å². The van der Waals surface area contributed by atoms with Gasteiger partial charge in [0.1, 0.15) is 0 Å². The Labute approximate surface area is 334 Å². The maximum Gasteiger partial charge on any atom is 0.0468 e. The monoisotopic (exact) mass is 729 g/mol. The standard InChI is InChI=1S/C56H43N/c1-5-13-48-35-42(21-24-43(48)9-1)36-56(52-28-27-44-10-2-6-14-49(44)37-52)47-25-19-40(20-26-47)17-18-41-22-31-53(32-23-41)57(54-33-29-45-11-3-7-15-50(45)38-54)55-34-30-46-12-4-8-16-51(46)39-55/h1-20,22-35,37-39,42,56H,21,36H2. The van der Waals surface area contributed by atoms with Crippen molar-refractivity contribution in [1.29, 1.82) is 0 Å². The van der Waals surface area contributed by atoms with Gasteiger partial charge in [-0.1, -0.05) is 188 Å². The Morgan fingerprint density at radius 2 is 0.877 bits per heavy atom. The summed E-state index contributed by atoms with van der Waals surface area (Å²) in [6, 6.07) is 73.3. The van der Waals surface area contributed by atoms with Crippen molar-refractivity contribution in [3.63, 3.8) is 0 Å². The van der Waals surface area contributed by atoms with Crippen molar-refractivity contribution in [2.24, 2.45) is 5.92 Å². The molecule has 0 aliphatic heterocycles. The lowest BCUT2D eigenvalue weighted by atomic mass is 9.80. The van der Waals surface area contributed by atoms with Gasteiger partial charge in [-0.3, -0.25) is 0 Å². The Balaban J connectivity index is 0.926. The topological polar surface area (TPSA) is 3.24 Å². The number of anilines is 3. The van der Waals surface area contributed by atoms with E-state index in [-0.39, 0.29) is 0 Å². The van der Waals surface area contributed by atoms with Crippen LogP contribution in [0.3, 0.4) is 0 Å². The summed E-state index contributed by atoms with van der Waals surface area (Å²) in [5.41, 5.74) is 8.50. The fraction of sp³-hybridized carbons (Fsp3) is 0.0714. The van der Waals surface area contributed by atoms with Gasteiger partial charge in [-0.2, -0.15) is 0 Å². The molecule has 0 saturated carbocycles. The second kappa shape index (κ2) is 15.3. The molecule has 0 heterocycles. The first-order valence-electron chi connectivity index (χ1n) is 20.1. The molecule has 0 spiro atoms. The van der Waals surface area contributed by atoms with Gasteiger partial charge in [0, 0.05) is 23.0 Å². The fourth-order valence-electron chi connectivity index (χ4n) is 8.65. The highest BCUT2D eigenvalue weighted by Crippen LogP contribution is 2.38. The average Bonchev–Trinajstić information content (AvgIpc) is 3.28. The van der Waals surface area contributed by atoms with Crippen LogP contribution >= 0.6 is 0 Å². The zero-order valence-corrected chi connectivity index (χ0v) is 31.9. The third-order valence-corrected chi connectivity index (χ3v) is 11.7. The first kappa shape index (κ1) is 34.5. The molecule has 1 nitrogen and oxygen atoms in total. The van der Waals surface area contributed by atoms with Crippen LogP contribution in [-0.4, -0.2) is 0 Å². The van der Waals surface area contributed by atoms with Gasteiger partial charge in [-0.05, 0) is 120 Å². The highest BCUT2D eigenvalue weighted by molar-refractivity contribution is 5.92. The molecule has 57 heavy (non-hydrogen) atoms. The van der Waals surface area contributed by atoms with Crippen LogP contribution in [0.1, 0.15) is 41.0 Å². The predicted octanol–water partition coefficient (Wildman–Crippen LogP) is 13.6. The SMILES string of the molecule is C(=Cc1ccc(N(c2ccc3ccccc3c2)c2ccc3ccccc3c2)cc1)c1ccc(C(CC2C=c3ccccc3=CC2)c2ccc3ccccc3c2)cc1. The average molecular weight is 730 g/mol. The Morgan fingerprint density at radius 1 is 0.421 bits per heavy atom. The van der Waals surface area contributed by atoms with Gasteiger partial charge in [0.25, 0.3) is 0 Å². The summed E-state index contributed by atoms with van der Waals surface area (Å²) in [6.07, 6.45) is 11.5. The van der Waals surface area contributed by atoms with Gasteiger partial charge in [0.15, 0.2) is 0 Å². The summed E-state index contributed by atoms with van der Waals surface area (Å²) in [5.74, 6) is 0.783. The molecule has 0 bridgehead atoms. The molecular weight excluding hydrogens is 687 g/mol. The molecule has 2 atom stereocenters. The largest absolute Gasteiger partial charge is 0.310 e. The van der Waals surface area contributed by atoms with Crippen LogP contribution in [-0.2, 0) is 0 Å².